The number of aromatic nitrogens is 7. The Hall–Kier alpha value is -4.33. The summed E-state index contributed by atoms with van der Waals surface area (Å²) in [5.74, 6) is -0.521. The average molecular weight is 539 g/mol. The van der Waals surface area contributed by atoms with Crippen LogP contribution in [-0.4, -0.2) is 59.0 Å². The number of anilines is 1. The van der Waals surface area contributed by atoms with Gasteiger partial charge in [-0.25, -0.2) is 32.0 Å². The Kier molecular flexibility index (Phi) is 5.45. The van der Waals surface area contributed by atoms with Crippen molar-refractivity contribution in [3.8, 4) is 17.0 Å². The van der Waals surface area contributed by atoms with E-state index in [2.05, 4.69) is 15.1 Å². The number of fused-ring (bicyclic) bond motifs is 2. The molecule has 12 nitrogen and oxygen atoms in total. The molecule has 0 atom stereocenters. The highest BCUT2D eigenvalue weighted by molar-refractivity contribution is 7.91. The molecule has 0 bridgehead atoms. The van der Waals surface area contributed by atoms with E-state index in [1.54, 1.807) is 16.8 Å². The minimum absolute atomic E-state index is 0.0140. The molecule has 1 aliphatic rings. The summed E-state index contributed by atoms with van der Waals surface area (Å²) in [5.41, 5.74) is 7.90. The molecule has 14 heteroatoms. The maximum absolute atomic E-state index is 14.1. The molecule has 38 heavy (non-hydrogen) atoms. The molecule has 0 radical (unpaired) electrons. The number of benzene rings is 1. The number of aromatic hydroxyl groups is 1. The number of halogens is 1. The standard InChI is InChI=1S/C24H23FN8O4S/c1-13-2-5-31-21(13)24(35)33(16-3-6-38(36,37)7-4-16)18(29-31)11-32-23-19(22(26)27-12-28-23)20(30-32)14-8-15(25)10-17(34)9-14/h2,5,8-10,12,16,34H,3-4,6-7,11H2,1H3,(H2,26,27,28). The van der Waals surface area contributed by atoms with Crippen molar-refractivity contribution in [2.45, 2.75) is 32.4 Å². The molecule has 5 aromatic rings. The fourth-order valence-electron chi connectivity index (χ4n) is 5.08. The highest BCUT2D eigenvalue weighted by atomic mass is 32.2. The van der Waals surface area contributed by atoms with Crippen LogP contribution in [0.25, 0.3) is 27.8 Å². The van der Waals surface area contributed by atoms with Crippen LogP contribution < -0.4 is 11.3 Å². The van der Waals surface area contributed by atoms with E-state index in [9.17, 15) is 22.7 Å². The first-order valence-electron chi connectivity index (χ1n) is 11.9. The summed E-state index contributed by atoms with van der Waals surface area (Å²) >= 11 is 0. The quantitative estimate of drug-likeness (QED) is 0.347. The van der Waals surface area contributed by atoms with Crippen molar-refractivity contribution in [1.29, 1.82) is 0 Å². The molecule has 6 rings (SSSR count). The van der Waals surface area contributed by atoms with Crippen LogP contribution in [0.5, 0.6) is 5.75 Å². The summed E-state index contributed by atoms with van der Waals surface area (Å²) < 4.78 is 42.8. The number of phenolic OH excluding ortho intramolecular Hbond substituents is 1. The van der Waals surface area contributed by atoms with E-state index in [-0.39, 0.29) is 65.3 Å². The Morgan fingerprint density at radius 2 is 1.92 bits per heavy atom. The number of rotatable bonds is 4. The minimum Gasteiger partial charge on any atom is -0.508 e. The van der Waals surface area contributed by atoms with Gasteiger partial charge in [0.2, 0.25) is 0 Å². The Bertz CT molecular complexity index is 1880. The minimum atomic E-state index is -3.16. The second-order valence-corrected chi connectivity index (χ2v) is 11.7. The van der Waals surface area contributed by atoms with Gasteiger partial charge in [0, 0.05) is 23.9 Å². The van der Waals surface area contributed by atoms with Gasteiger partial charge in [-0.1, -0.05) is 0 Å². The molecule has 1 aromatic carbocycles. The summed E-state index contributed by atoms with van der Waals surface area (Å²) in [4.78, 5) is 22.1. The monoisotopic (exact) mass is 538 g/mol. The Morgan fingerprint density at radius 3 is 2.66 bits per heavy atom. The van der Waals surface area contributed by atoms with Crippen molar-refractivity contribution in [3.05, 3.63) is 64.3 Å². The van der Waals surface area contributed by atoms with Crippen LogP contribution in [0.4, 0.5) is 10.2 Å². The van der Waals surface area contributed by atoms with Crippen molar-refractivity contribution in [3.63, 3.8) is 0 Å². The van der Waals surface area contributed by atoms with Crippen LogP contribution in [0, 0.1) is 12.7 Å². The van der Waals surface area contributed by atoms with E-state index in [0.717, 1.165) is 11.6 Å². The van der Waals surface area contributed by atoms with E-state index in [1.165, 1.54) is 27.7 Å². The molecule has 5 heterocycles. The fourth-order valence-corrected chi connectivity index (χ4v) is 6.54. The van der Waals surface area contributed by atoms with Gasteiger partial charge >= 0.3 is 0 Å². The maximum Gasteiger partial charge on any atom is 0.278 e. The van der Waals surface area contributed by atoms with Crippen molar-refractivity contribution in [2.75, 3.05) is 17.2 Å². The molecule has 0 spiro atoms. The summed E-state index contributed by atoms with van der Waals surface area (Å²) in [7, 11) is -3.16. The predicted molar refractivity (Wildman–Crippen MR) is 137 cm³/mol. The Morgan fingerprint density at radius 1 is 1.16 bits per heavy atom. The first kappa shape index (κ1) is 24.0. The number of nitrogens with zero attached hydrogens (tertiary/aromatic N) is 7. The molecular formula is C24H23FN8O4S. The van der Waals surface area contributed by atoms with Crippen molar-refractivity contribution in [2.24, 2.45) is 0 Å². The zero-order valence-electron chi connectivity index (χ0n) is 20.2. The number of phenols is 1. The lowest BCUT2D eigenvalue weighted by Gasteiger charge is -2.26. The molecule has 1 saturated heterocycles. The summed E-state index contributed by atoms with van der Waals surface area (Å²) in [6.07, 6.45) is 3.53. The third-order valence-electron chi connectivity index (χ3n) is 6.89. The van der Waals surface area contributed by atoms with E-state index in [0.29, 0.717) is 22.4 Å². The lowest BCUT2D eigenvalue weighted by Crippen LogP contribution is -2.36. The lowest BCUT2D eigenvalue weighted by atomic mass is 10.1. The maximum atomic E-state index is 14.1. The molecule has 0 unspecified atom stereocenters. The van der Waals surface area contributed by atoms with Gasteiger partial charge in [0.1, 0.15) is 51.3 Å². The van der Waals surface area contributed by atoms with Crippen LogP contribution in [0.1, 0.15) is 30.3 Å². The zero-order chi connectivity index (χ0) is 26.8. The number of aryl methyl sites for hydroxylation is 1. The molecule has 1 fully saturated rings. The first-order valence-corrected chi connectivity index (χ1v) is 13.7. The summed E-state index contributed by atoms with van der Waals surface area (Å²) in [6.45, 7) is 1.80. The van der Waals surface area contributed by atoms with Crippen LogP contribution in [0.3, 0.4) is 0 Å². The topological polar surface area (TPSA) is 163 Å². The van der Waals surface area contributed by atoms with Crippen LogP contribution in [0.2, 0.25) is 0 Å². The van der Waals surface area contributed by atoms with Gasteiger partial charge in [-0.3, -0.25) is 9.36 Å². The second-order valence-electron chi connectivity index (χ2n) is 9.43. The van der Waals surface area contributed by atoms with Crippen molar-refractivity contribution < 1.29 is 17.9 Å². The Balaban J connectivity index is 1.54. The smallest absolute Gasteiger partial charge is 0.278 e. The second kappa shape index (κ2) is 8.62. The van der Waals surface area contributed by atoms with E-state index >= 15 is 0 Å². The van der Waals surface area contributed by atoms with E-state index in [4.69, 9.17) is 10.8 Å². The summed E-state index contributed by atoms with van der Waals surface area (Å²) in [5, 5.41) is 19.6. The van der Waals surface area contributed by atoms with Crippen LogP contribution in [-0.2, 0) is 16.4 Å². The normalized spacial score (nSPS) is 15.9. The molecule has 3 N–H and O–H groups in total. The van der Waals surface area contributed by atoms with Gasteiger partial charge in [0.25, 0.3) is 5.56 Å². The van der Waals surface area contributed by atoms with Crippen molar-refractivity contribution in [1.82, 2.24) is 33.9 Å². The van der Waals surface area contributed by atoms with Gasteiger partial charge in [-0.15, -0.1) is 0 Å². The van der Waals surface area contributed by atoms with Gasteiger partial charge in [0.15, 0.2) is 11.5 Å². The highest BCUT2D eigenvalue weighted by Crippen LogP contribution is 2.33. The van der Waals surface area contributed by atoms with Gasteiger partial charge in [0.05, 0.1) is 16.9 Å². The first-order chi connectivity index (χ1) is 18.1. The van der Waals surface area contributed by atoms with Gasteiger partial charge in [-0.2, -0.15) is 10.2 Å². The number of nitrogen functional groups attached to an aromatic ring is 1. The van der Waals surface area contributed by atoms with Crippen LogP contribution >= 0.6 is 0 Å². The molecular weight excluding hydrogens is 515 g/mol. The lowest BCUT2D eigenvalue weighted by molar-refractivity contribution is 0.407. The molecule has 196 valence electrons. The SMILES string of the molecule is Cc1ccn2nc(Cn3nc(-c4cc(O)cc(F)c4)c4c(N)ncnc43)n(C3CCS(=O)(=O)CC3)c(=O)c12. The van der Waals surface area contributed by atoms with Crippen LogP contribution in [0.15, 0.2) is 41.6 Å². The number of nitrogens with two attached hydrogens (primary N) is 1. The third-order valence-corrected chi connectivity index (χ3v) is 8.60. The highest BCUT2D eigenvalue weighted by Gasteiger charge is 2.29. The summed E-state index contributed by atoms with van der Waals surface area (Å²) in [6, 6.07) is 4.96. The molecule has 0 aliphatic carbocycles. The fraction of sp³-hybridized carbons (Fsp3) is 0.292. The van der Waals surface area contributed by atoms with E-state index < -0.39 is 15.7 Å². The largest absolute Gasteiger partial charge is 0.508 e. The third kappa shape index (κ3) is 3.97. The predicted octanol–water partition coefficient (Wildman–Crippen LogP) is 1.84. The average Bonchev–Trinajstić information content (AvgIpc) is 3.41. The van der Waals surface area contributed by atoms with Gasteiger partial charge in [-0.05, 0) is 43.5 Å². The van der Waals surface area contributed by atoms with Crippen molar-refractivity contribution >= 4 is 32.2 Å². The molecule has 1 aliphatic heterocycles. The molecule has 0 saturated carbocycles. The number of hydrogen-bond acceptors (Lipinski definition) is 9. The van der Waals surface area contributed by atoms with Gasteiger partial charge < -0.3 is 10.8 Å². The molecule has 0 amide bonds. The molecule has 4 aromatic heterocycles. The number of hydrogen-bond donors (Lipinski definition) is 2. The zero-order valence-corrected chi connectivity index (χ0v) is 21.1. The Labute approximate surface area is 215 Å². The number of sulfone groups is 1. The van der Waals surface area contributed by atoms with E-state index in [1.807, 2.05) is 6.92 Å².